The Bertz CT molecular complexity index is 756. The minimum absolute atomic E-state index is 0.0819. The Hall–Kier alpha value is -2.32. The van der Waals surface area contributed by atoms with Gasteiger partial charge in [-0.3, -0.25) is 9.59 Å². The SMILES string of the molecule is O=C(O)CN(Cc1ccc(F)cc1)C(=O)c1cnc(C2CCCO2)s1. The maximum atomic E-state index is 13.0. The molecule has 132 valence electrons. The quantitative estimate of drug-likeness (QED) is 0.853. The van der Waals surface area contributed by atoms with Crippen LogP contribution >= 0.6 is 11.3 Å². The second kappa shape index (κ2) is 7.71. The Morgan fingerprint density at radius 1 is 1.36 bits per heavy atom. The molecule has 0 saturated carbocycles. The van der Waals surface area contributed by atoms with Crippen molar-refractivity contribution in [2.75, 3.05) is 13.2 Å². The van der Waals surface area contributed by atoms with Crippen LogP contribution < -0.4 is 0 Å². The highest BCUT2D eigenvalue weighted by Crippen LogP contribution is 2.31. The number of halogens is 1. The summed E-state index contributed by atoms with van der Waals surface area (Å²) in [6, 6.07) is 5.62. The summed E-state index contributed by atoms with van der Waals surface area (Å²) in [4.78, 5) is 29.6. The van der Waals surface area contributed by atoms with Crippen molar-refractivity contribution in [3.05, 3.63) is 51.7 Å². The van der Waals surface area contributed by atoms with E-state index in [2.05, 4.69) is 4.98 Å². The molecule has 1 aliphatic rings. The average molecular weight is 364 g/mol. The van der Waals surface area contributed by atoms with Gasteiger partial charge in [-0.15, -0.1) is 11.3 Å². The Kier molecular flexibility index (Phi) is 5.40. The van der Waals surface area contributed by atoms with Gasteiger partial charge in [-0.05, 0) is 30.5 Å². The topological polar surface area (TPSA) is 79.7 Å². The molecule has 1 atom stereocenters. The Balaban J connectivity index is 1.76. The molecule has 1 N–H and O–H groups in total. The molecule has 2 aromatic rings. The van der Waals surface area contributed by atoms with E-state index < -0.39 is 18.4 Å². The summed E-state index contributed by atoms with van der Waals surface area (Å²) >= 11 is 1.23. The van der Waals surface area contributed by atoms with Crippen LogP contribution in [0.5, 0.6) is 0 Å². The first-order chi connectivity index (χ1) is 12.0. The molecule has 0 bridgehead atoms. The summed E-state index contributed by atoms with van der Waals surface area (Å²) < 4.78 is 18.6. The molecule has 1 aromatic carbocycles. The van der Waals surface area contributed by atoms with Crippen molar-refractivity contribution < 1.29 is 23.8 Å². The minimum atomic E-state index is -1.11. The molecule has 1 amide bonds. The molecule has 1 unspecified atom stereocenters. The zero-order valence-corrected chi connectivity index (χ0v) is 14.2. The lowest BCUT2D eigenvalue weighted by Gasteiger charge is -2.20. The Morgan fingerprint density at radius 2 is 2.12 bits per heavy atom. The van der Waals surface area contributed by atoms with Crippen molar-refractivity contribution in [3.63, 3.8) is 0 Å². The fraction of sp³-hybridized carbons (Fsp3) is 0.353. The monoisotopic (exact) mass is 364 g/mol. The van der Waals surface area contributed by atoms with E-state index in [9.17, 15) is 14.0 Å². The zero-order chi connectivity index (χ0) is 17.8. The van der Waals surface area contributed by atoms with Crippen LogP contribution in [0.4, 0.5) is 4.39 Å². The van der Waals surface area contributed by atoms with Gasteiger partial charge in [0, 0.05) is 13.2 Å². The number of benzene rings is 1. The number of rotatable bonds is 6. The van der Waals surface area contributed by atoms with Gasteiger partial charge in [-0.2, -0.15) is 0 Å². The van der Waals surface area contributed by atoms with E-state index in [-0.39, 0.29) is 18.5 Å². The van der Waals surface area contributed by atoms with Crippen LogP contribution in [-0.2, 0) is 16.1 Å². The van der Waals surface area contributed by atoms with Gasteiger partial charge in [0.05, 0.1) is 6.20 Å². The number of thiazole rings is 1. The number of carboxylic acids is 1. The molecule has 0 radical (unpaired) electrons. The number of nitrogens with zero attached hydrogens (tertiary/aromatic N) is 2. The summed E-state index contributed by atoms with van der Waals surface area (Å²) in [5.74, 6) is -1.91. The molecule has 6 nitrogen and oxygen atoms in total. The first-order valence-electron chi connectivity index (χ1n) is 7.86. The van der Waals surface area contributed by atoms with Crippen LogP contribution in [-0.4, -0.2) is 40.0 Å². The number of carbonyl (C=O) groups is 2. The third-order valence-electron chi connectivity index (χ3n) is 3.84. The summed E-state index contributed by atoms with van der Waals surface area (Å²) in [7, 11) is 0. The zero-order valence-electron chi connectivity index (χ0n) is 13.4. The van der Waals surface area contributed by atoms with Gasteiger partial charge < -0.3 is 14.7 Å². The summed E-state index contributed by atoms with van der Waals surface area (Å²) in [6.07, 6.45) is 3.21. The number of carboxylic acid groups (broad SMARTS) is 1. The lowest BCUT2D eigenvalue weighted by atomic mass is 10.2. The largest absolute Gasteiger partial charge is 0.480 e. The second-order valence-corrected chi connectivity index (χ2v) is 6.81. The van der Waals surface area contributed by atoms with E-state index in [1.165, 1.54) is 46.7 Å². The number of aromatic nitrogens is 1. The fourth-order valence-corrected chi connectivity index (χ4v) is 3.61. The number of hydrogen-bond acceptors (Lipinski definition) is 5. The number of ether oxygens (including phenoxy) is 1. The lowest BCUT2D eigenvalue weighted by Crippen LogP contribution is -2.34. The van der Waals surface area contributed by atoms with Crippen molar-refractivity contribution in [2.24, 2.45) is 0 Å². The number of hydrogen-bond donors (Lipinski definition) is 1. The number of amides is 1. The fourth-order valence-electron chi connectivity index (χ4n) is 2.64. The molecule has 1 aromatic heterocycles. The molecule has 1 aliphatic heterocycles. The van der Waals surface area contributed by atoms with Crippen molar-refractivity contribution in [3.8, 4) is 0 Å². The molecule has 8 heteroatoms. The maximum absolute atomic E-state index is 13.0. The summed E-state index contributed by atoms with van der Waals surface area (Å²) in [6.45, 7) is 0.325. The van der Waals surface area contributed by atoms with Gasteiger partial charge in [-0.1, -0.05) is 12.1 Å². The predicted octanol–water partition coefficient (Wildman–Crippen LogP) is 2.86. The van der Waals surface area contributed by atoms with Crippen LogP contribution in [0.3, 0.4) is 0 Å². The third-order valence-corrected chi connectivity index (χ3v) is 4.92. The second-order valence-electron chi connectivity index (χ2n) is 5.75. The lowest BCUT2D eigenvalue weighted by molar-refractivity contribution is -0.137. The van der Waals surface area contributed by atoms with Gasteiger partial charge in [0.1, 0.15) is 28.4 Å². The van der Waals surface area contributed by atoms with Crippen LogP contribution in [0.15, 0.2) is 30.5 Å². The van der Waals surface area contributed by atoms with Crippen LogP contribution in [0, 0.1) is 5.82 Å². The standard InChI is InChI=1S/C17H17FN2O4S/c18-12-5-3-11(4-6-12)9-20(10-15(21)22)17(23)14-8-19-16(25-14)13-2-1-7-24-13/h3-6,8,13H,1-2,7,9-10H2,(H,21,22). The molecular formula is C17H17FN2O4S. The molecule has 3 rings (SSSR count). The van der Waals surface area contributed by atoms with Crippen molar-refractivity contribution in [1.82, 2.24) is 9.88 Å². The highest BCUT2D eigenvalue weighted by molar-refractivity contribution is 7.13. The summed E-state index contributed by atoms with van der Waals surface area (Å²) in [5, 5.41) is 9.83. The Labute approximate surface area is 147 Å². The van der Waals surface area contributed by atoms with Crippen molar-refractivity contribution in [1.29, 1.82) is 0 Å². The molecule has 2 heterocycles. The smallest absolute Gasteiger partial charge is 0.323 e. The average Bonchev–Trinajstić information content (AvgIpc) is 3.26. The van der Waals surface area contributed by atoms with Crippen LogP contribution in [0.25, 0.3) is 0 Å². The van der Waals surface area contributed by atoms with Gasteiger partial charge in [0.2, 0.25) is 0 Å². The van der Waals surface area contributed by atoms with Crippen molar-refractivity contribution in [2.45, 2.75) is 25.5 Å². The van der Waals surface area contributed by atoms with Crippen LogP contribution in [0.1, 0.15) is 39.2 Å². The molecule has 0 spiro atoms. The first-order valence-corrected chi connectivity index (χ1v) is 8.67. The first kappa shape index (κ1) is 17.5. The predicted molar refractivity (Wildman–Crippen MR) is 88.8 cm³/mol. The maximum Gasteiger partial charge on any atom is 0.323 e. The van der Waals surface area contributed by atoms with E-state index in [1.807, 2.05) is 0 Å². The van der Waals surface area contributed by atoms with E-state index in [0.29, 0.717) is 17.0 Å². The highest BCUT2D eigenvalue weighted by atomic mass is 32.1. The van der Waals surface area contributed by atoms with E-state index in [1.54, 1.807) is 0 Å². The van der Waals surface area contributed by atoms with E-state index in [4.69, 9.17) is 9.84 Å². The van der Waals surface area contributed by atoms with Crippen molar-refractivity contribution >= 4 is 23.2 Å². The number of aliphatic carboxylic acids is 1. The van der Waals surface area contributed by atoms with Gasteiger partial charge in [0.15, 0.2) is 0 Å². The van der Waals surface area contributed by atoms with Gasteiger partial charge >= 0.3 is 5.97 Å². The van der Waals surface area contributed by atoms with Gasteiger partial charge in [0.25, 0.3) is 5.91 Å². The molecule has 0 aliphatic carbocycles. The minimum Gasteiger partial charge on any atom is -0.480 e. The Morgan fingerprint density at radius 3 is 2.76 bits per heavy atom. The van der Waals surface area contributed by atoms with E-state index in [0.717, 1.165) is 17.8 Å². The molecule has 25 heavy (non-hydrogen) atoms. The third kappa shape index (κ3) is 4.40. The summed E-state index contributed by atoms with van der Waals surface area (Å²) in [5.41, 5.74) is 0.653. The molecule has 1 saturated heterocycles. The van der Waals surface area contributed by atoms with Gasteiger partial charge in [-0.25, -0.2) is 9.37 Å². The highest BCUT2D eigenvalue weighted by Gasteiger charge is 2.25. The van der Waals surface area contributed by atoms with Crippen LogP contribution in [0.2, 0.25) is 0 Å². The number of carbonyl (C=O) groups excluding carboxylic acids is 1. The molecule has 1 fully saturated rings. The normalized spacial score (nSPS) is 16.8. The molecular weight excluding hydrogens is 347 g/mol. The van der Waals surface area contributed by atoms with E-state index >= 15 is 0 Å².